The molecule has 2 aliphatic heterocycles. The Morgan fingerprint density at radius 2 is 2.00 bits per heavy atom. The smallest absolute Gasteiger partial charge is 0.489 e. The first kappa shape index (κ1) is 20.0. The number of halogens is 2. The van der Waals surface area contributed by atoms with Crippen LogP contribution in [0.5, 0.6) is 17.2 Å². The van der Waals surface area contributed by atoms with Gasteiger partial charge in [0.2, 0.25) is 5.91 Å². The van der Waals surface area contributed by atoms with E-state index in [1.165, 1.54) is 18.2 Å². The Hall–Kier alpha value is -2.98. The Bertz CT molecular complexity index is 1110. The highest BCUT2D eigenvalue weighted by molar-refractivity contribution is 5.90. The van der Waals surface area contributed by atoms with Gasteiger partial charge in [0.1, 0.15) is 29.1 Å². The molecule has 1 amide bonds. The van der Waals surface area contributed by atoms with Crippen molar-refractivity contribution in [1.29, 1.82) is 0 Å². The molecule has 31 heavy (non-hydrogen) atoms. The largest absolute Gasteiger partial charge is 0.586 e. The first-order valence-corrected chi connectivity index (χ1v) is 9.89. The van der Waals surface area contributed by atoms with Gasteiger partial charge >= 0.3 is 6.29 Å². The predicted octanol–water partition coefficient (Wildman–Crippen LogP) is 1.76. The number of primary amides is 1. The monoisotopic (exact) mass is 433 g/mol. The average molecular weight is 433 g/mol. The summed E-state index contributed by atoms with van der Waals surface area (Å²) in [6, 6.07) is 5.83. The molecule has 0 spiro atoms. The summed E-state index contributed by atoms with van der Waals surface area (Å²) in [5, 5.41) is 11.3. The molecule has 0 saturated heterocycles. The number of ether oxygens (including phenoxy) is 3. The molecule has 2 aromatic rings. The number of fused-ring (bicyclic) bond motifs is 2. The number of carbonyl (C=O) groups excluding carboxylic acids is 1. The summed E-state index contributed by atoms with van der Waals surface area (Å²) < 4.78 is 41.7. The molecular formula is C21H21F2N3O5. The van der Waals surface area contributed by atoms with Crippen molar-refractivity contribution in [3.05, 3.63) is 35.5 Å². The van der Waals surface area contributed by atoms with Gasteiger partial charge in [-0.05, 0) is 49.9 Å². The van der Waals surface area contributed by atoms with E-state index in [1.54, 1.807) is 13.0 Å². The molecule has 5 N–H and O–H groups in total. The Morgan fingerprint density at radius 3 is 2.65 bits per heavy atom. The standard InChI is InChI=1S/C21H21F2N3O5/c1-19(18(25)27)9-29-17-12(19)7-15(20(28,8-24)11-3-4-11)26-16(17)10-2-5-13-14(6-10)31-21(22,23)30-13/h2,5-7,11,28H,3-4,8-9,24H2,1H3,(H2,25,27)/t19-,20+/m0/s1. The van der Waals surface area contributed by atoms with Gasteiger partial charge in [0.25, 0.3) is 0 Å². The average Bonchev–Trinajstić information content (AvgIpc) is 3.45. The third kappa shape index (κ3) is 2.93. The molecule has 1 aromatic heterocycles. The third-order valence-corrected chi connectivity index (χ3v) is 6.30. The fourth-order valence-electron chi connectivity index (χ4n) is 4.14. The highest BCUT2D eigenvalue weighted by Crippen LogP contribution is 2.51. The fraction of sp³-hybridized carbons (Fsp3) is 0.429. The summed E-state index contributed by atoms with van der Waals surface area (Å²) in [6.07, 6.45) is -2.17. The second-order valence-corrected chi connectivity index (χ2v) is 8.45. The molecule has 1 aliphatic carbocycles. The summed E-state index contributed by atoms with van der Waals surface area (Å²) in [4.78, 5) is 16.9. The van der Waals surface area contributed by atoms with E-state index in [9.17, 15) is 18.7 Å². The number of benzene rings is 1. The van der Waals surface area contributed by atoms with Crippen molar-refractivity contribution in [1.82, 2.24) is 4.98 Å². The van der Waals surface area contributed by atoms with Crippen molar-refractivity contribution in [2.45, 2.75) is 37.1 Å². The van der Waals surface area contributed by atoms with Crippen molar-refractivity contribution in [3.63, 3.8) is 0 Å². The quantitative estimate of drug-likeness (QED) is 0.655. The number of rotatable bonds is 5. The maximum atomic E-state index is 13.5. The van der Waals surface area contributed by atoms with Crippen LogP contribution in [0.15, 0.2) is 24.3 Å². The van der Waals surface area contributed by atoms with Gasteiger partial charge < -0.3 is 30.8 Å². The van der Waals surface area contributed by atoms with Gasteiger partial charge in [-0.1, -0.05) is 0 Å². The number of carbonyl (C=O) groups is 1. The molecule has 5 rings (SSSR count). The highest BCUT2D eigenvalue weighted by Gasteiger charge is 2.49. The zero-order valence-corrected chi connectivity index (χ0v) is 16.7. The molecule has 2 atom stereocenters. The van der Waals surface area contributed by atoms with E-state index in [2.05, 4.69) is 14.5 Å². The normalized spacial score (nSPS) is 24.9. The lowest BCUT2D eigenvalue weighted by atomic mass is 9.81. The van der Waals surface area contributed by atoms with E-state index in [1.807, 2.05) is 0 Å². The molecule has 1 saturated carbocycles. The first-order chi connectivity index (χ1) is 14.6. The first-order valence-electron chi connectivity index (χ1n) is 9.89. The molecular weight excluding hydrogens is 412 g/mol. The maximum Gasteiger partial charge on any atom is 0.586 e. The number of alkyl halides is 2. The molecule has 1 fully saturated rings. The number of hydrogen-bond donors (Lipinski definition) is 3. The number of nitrogens with two attached hydrogens (primary N) is 2. The molecule has 1 aromatic carbocycles. The van der Waals surface area contributed by atoms with Crippen LogP contribution < -0.4 is 25.7 Å². The lowest BCUT2D eigenvalue weighted by molar-refractivity contribution is -0.286. The Labute approximate surface area is 176 Å². The fourth-order valence-corrected chi connectivity index (χ4v) is 4.14. The van der Waals surface area contributed by atoms with Crippen LogP contribution in [0.4, 0.5) is 8.78 Å². The van der Waals surface area contributed by atoms with Crippen molar-refractivity contribution in [2.24, 2.45) is 17.4 Å². The second-order valence-electron chi connectivity index (χ2n) is 8.45. The number of nitrogens with zero attached hydrogens (tertiary/aromatic N) is 1. The maximum absolute atomic E-state index is 13.5. The van der Waals surface area contributed by atoms with E-state index in [0.29, 0.717) is 16.9 Å². The van der Waals surface area contributed by atoms with Crippen LogP contribution >= 0.6 is 0 Å². The van der Waals surface area contributed by atoms with Crippen molar-refractivity contribution >= 4 is 5.91 Å². The van der Waals surface area contributed by atoms with Gasteiger partial charge in [-0.2, -0.15) is 0 Å². The van der Waals surface area contributed by atoms with Crippen LogP contribution in [0.2, 0.25) is 0 Å². The van der Waals surface area contributed by atoms with Crippen LogP contribution in [0, 0.1) is 5.92 Å². The molecule has 0 bridgehead atoms. The number of amides is 1. The van der Waals surface area contributed by atoms with E-state index < -0.39 is 23.2 Å². The van der Waals surface area contributed by atoms with E-state index in [0.717, 1.165) is 12.8 Å². The van der Waals surface area contributed by atoms with Gasteiger partial charge in [0.05, 0.1) is 5.69 Å². The van der Waals surface area contributed by atoms with Crippen molar-refractivity contribution in [3.8, 4) is 28.5 Å². The van der Waals surface area contributed by atoms with Gasteiger partial charge in [0.15, 0.2) is 11.5 Å². The third-order valence-electron chi connectivity index (χ3n) is 6.30. The van der Waals surface area contributed by atoms with Gasteiger partial charge in [0, 0.05) is 17.7 Å². The summed E-state index contributed by atoms with van der Waals surface area (Å²) in [6.45, 7) is 1.57. The SMILES string of the molecule is C[C@]1(C(N)=O)COc2c1cc([C@@](O)(CN)C1CC1)nc2-c1ccc2c(c1)OC(F)(F)O2. The Morgan fingerprint density at radius 1 is 1.29 bits per heavy atom. The number of hydrogen-bond acceptors (Lipinski definition) is 7. The molecule has 10 heteroatoms. The van der Waals surface area contributed by atoms with E-state index in [4.69, 9.17) is 16.2 Å². The van der Waals surface area contributed by atoms with Crippen LogP contribution in [-0.4, -0.2) is 35.4 Å². The summed E-state index contributed by atoms with van der Waals surface area (Å²) in [5.74, 6) is -0.627. The van der Waals surface area contributed by atoms with Crippen LogP contribution in [0.1, 0.15) is 31.0 Å². The van der Waals surface area contributed by atoms with Crippen LogP contribution in [-0.2, 0) is 15.8 Å². The van der Waals surface area contributed by atoms with Crippen molar-refractivity contribution < 1.29 is 32.9 Å². The molecule has 3 heterocycles. The number of aromatic nitrogens is 1. The van der Waals surface area contributed by atoms with Crippen LogP contribution in [0.3, 0.4) is 0 Å². The van der Waals surface area contributed by atoms with E-state index >= 15 is 0 Å². The predicted molar refractivity (Wildman–Crippen MR) is 104 cm³/mol. The zero-order chi connectivity index (χ0) is 22.2. The summed E-state index contributed by atoms with van der Waals surface area (Å²) >= 11 is 0. The minimum atomic E-state index is -3.76. The second kappa shape index (κ2) is 6.27. The lowest BCUT2D eigenvalue weighted by Gasteiger charge is -2.28. The van der Waals surface area contributed by atoms with E-state index in [-0.39, 0.29) is 42.0 Å². The Kier molecular flexibility index (Phi) is 4.03. The Balaban J connectivity index is 1.71. The zero-order valence-electron chi connectivity index (χ0n) is 16.7. The molecule has 3 aliphatic rings. The minimum Gasteiger partial charge on any atom is -0.489 e. The number of aliphatic hydroxyl groups is 1. The van der Waals surface area contributed by atoms with Gasteiger partial charge in [-0.3, -0.25) is 4.79 Å². The summed E-state index contributed by atoms with van der Waals surface area (Å²) in [5.41, 5.74) is 10.4. The molecule has 8 nitrogen and oxygen atoms in total. The topological polar surface area (TPSA) is 130 Å². The number of pyridine rings is 1. The lowest BCUT2D eigenvalue weighted by Crippen LogP contribution is -2.41. The minimum absolute atomic E-state index is 0.0110. The highest BCUT2D eigenvalue weighted by atomic mass is 19.3. The van der Waals surface area contributed by atoms with Gasteiger partial charge in [-0.25, -0.2) is 4.98 Å². The van der Waals surface area contributed by atoms with Gasteiger partial charge in [-0.15, -0.1) is 8.78 Å². The molecule has 0 unspecified atom stereocenters. The van der Waals surface area contributed by atoms with Crippen molar-refractivity contribution in [2.75, 3.05) is 13.2 Å². The molecule has 164 valence electrons. The van der Waals surface area contributed by atoms with Crippen LogP contribution in [0.25, 0.3) is 11.3 Å². The summed E-state index contributed by atoms with van der Waals surface area (Å²) in [7, 11) is 0. The molecule has 0 radical (unpaired) electrons.